The number of aromatic nitrogens is 1. The minimum Gasteiger partial charge on any atom is -0.245 e. The Labute approximate surface area is 87.3 Å². The van der Waals surface area contributed by atoms with Crippen molar-refractivity contribution in [1.82, 2.24) is 4.98 Å². The van der Waals surface area contributed by atoms with Crippen LogP contribution in [-0.2, 0) is 6.18 Å². The molecule has 0 amide bonds. The molecule has 0 aliphatic heterocycles. The zero-order chi connectivity index (χ0) is 12.5. The molecule has 86 valence electrons. The second-order valence-electron chi connectivity index (χ2n) is 2.97. The first kappa shape index (κ1) is 12.4. The van der Waals surface area contributed by atoms with Crippen molar-refractivity contribution in [1.29, 1.82) is 5.26 Å². The third-order valence-corrected chi connectivity index (χ3v) is 1.98. The second-order valence-corrected chi connectivity index (χ2v) is 2.97. The van der Waals surface area contributed by atoms with Gasteiger partial charge in [0.15, 0.2) is 0 Å². The van der Waals surface area contributed by atoms with Crippen LogP contribution in [0.2, 0.25) is 0 Å². The van der Waals surface area contributed by atoms with E-state index in [1.165, 1.54) is 6.07 Å². The van der Waals surface area contributed by atoms with E-state index in [0.29, 0.717) is 6.20 Å². The van der Waals surface area contributed by atoms with Crippen LogP contribution in [-0.4, -0.2) is 4.98 Å². The largest absolute Gasteiger partial charge is 0.417 e. The van der Waals surface area contributed by atoms with E-state index in [9.17, 15) is 22.0 Å². The van der Waals surface area contributed by atoms with Gasteiger partial charge in [-0.2, -0.15) is 18.4 Å². The third kappa shape index (κ3) is 2.10. The number of rotatable bonds is 1. The molecule has 0 atom stereocenters. The fourth-order valence-electron chi connectivity index (χ4n) is 1.28. The monoisotopic (exact) mass is 236 g/mol. The standard InChI is InChI=1S/C9H5F5N2/c1-4-6(2-15)16-3-5(8(10)11)7(4)9(12,13)14/h3,8H,1H3. The Hall–Kier alpha value is -1.71. The van der Waals surface area contributed by atoms with Gasteiger partial charge in [-0.1, -0.05) is 0 Å². The van der Waals surface area contributed by atoms with E-state index in [1.54, 1.807) is 0 Å². The van der Waals surface area contributed by atoms with Gasteiger partial charge in [0.2, 0.25) is 0 Å². The molecular formula is C9H5F5N2. The van der Waals surface area contributed by atoms with Crippen LogP contribution >= 0.6 is 0 Å². The number of hydrogen-bond acceptors (Lipinski definition) is 2. The molecule has 2 nitrogen and oxygen atoms in total. The molecule has 0 fully saturated rings. The second kappa shape index (κ2) is 4.04. The SMILES string of the molecule is Cc1c(C#N)ncc(C(F)F)c1C(F)(F)F. The Morgan fingerprint density at radius 2 is 1.94 bits per heavy atom. The number of hydrogen-bond donors (Lipinski definition) is 0. The molecule has 0 unspecified atom stereocenters. The first-order valence-electron chi connectivity index (χ1n) is 4.04. The molecular weight excluding hydrogens is 231 g/mol. The Morgan fingerprint density at radius 1 is 1.38 bits per heavy atom. The summed E-state index contributed by atoms with van der Waals surface area (Å²) in [6.45, 7) is 0.945. The van der Waals surface area contributed by atoms with Crippen molar-refractivity contribution in [2.45, 2.75) is 19.5 Å². The summed E-state index contributed by atoms with van der Waals surface area (Å²) in [4.78, 5) is 3.25. The van der Waals surface area contributed by atoms with Crippen molar-refractivity contribution in [3.8, 4) is 6.07 Å². The maximum Gasteiger partial charge on any atom is 0.417 e. The maximum absolute atomic E-state index is 12.5. The van der Waals surface area contributed by atoms with Crippen molar-refractivity contribution in [2.24, 2.45) is 0 Å². The van der Waals surface area contributed by atoms with Gasteiger partial charge in [0.1, 0.15) is 11.8 Å². The minimum atomic E-state index is -4.93. The molecule has 0 aliphatic carbocycles. The fourth-order valence-corrected chi connectivity index (χ4v) is 1.28. The van der Waals surface area contributed by atoms with Gasteiger partial charge >= 0.3 is 6.18 Å². The van der Waals surface area contributed by atoms with Crippen molar-refractivity contribution in [3.05, 3.63) is 28.6 Å². The van der Waals surface area contributed by atoms with E-state index in [4.69, 9.17) is 5.26 Å². The highest BCUT2D eigenvalue weighted by atomic mass is 19.4. The first-order valence-corrected chi connectivity index (χ1v) is 4.04. The lowest BCUT2D eigenvalue weighted by Crippen LogP contribution is -2.14. The van der Waals surface area contributed by atoms with Crippen LogP contribution < -0.4 is 0 Å². The van der Waals surface area contributed by atoms with Crippen molar-refractivity contribution in [2.75, 3.05) is 0 Å². The molecule has 0 spiro atoms. The summed E-state index contributed by atoms with van der Waals surface area (Å²) < 4.78 is 62.2. The molecule has 0 radical (unpaired) electrons. The quantitative estimate of drug-likeness (QED) is 0.702. The van der Waals surface area contributed by atoms with Gasteiger partial charge in [0, 0.05) is 11.8 Å². The number of pyridine rings is 1. The van der Waals surface area contributed by atoms with Crippen molar-refractivity contribution in [3.63, 3.8) is 0 Å². The fraction of sp³-hybridized carbons (Fsp3) is 0.333. The number of alkyl halides is 5. The van der Waals surface area contributed by atoms with Crippen LogP contribution in [0.3, 0.4) is 0 Å². The molecule has 1 rings (SSSR count). The molecule has 7 heteroatoms. The van der Waals surface area contributed by atoms with E-state index in [-0.39, 0.29) is 0 Å². The number of nitriles is 1. The lowest BCUT2D eigenvalue weighted by molar-refractivity contribution is -0.140. The highest BCUT2D eigenvalue weighted by Gasteiger charge is 2.38. The first-order chi connectivity index (χ1) is 7.29. The average molecular weight is 236 g/mol. The van der Waals surface area contributed by atoms with Gasteiger partial charge < -0.3 is 0 Å². The normalized spacial score (nSPS) is 11.6. The molecule has 1 aromatic rings. The summed E-state index contributed by atoms with van der Waals surface area (Å²) in [6, 6.07) is 1.42. The lowest BCUT2D eigenvalue weighted by Gasteiger charge is -2.15. The Bertz CT molecular complexity index is 444. The summed E-state index contributed by atoms with van der Waals surface area (Å²) in [5.74, 6) is 0. The van der Waals surface area contributed by atoms with Crippen LogP contribution in [0.25, 0.3) is 0 Å². The predicted octanol–water partition coefficient (Wildman–Crippen LogP) is 3.22. The highest BCUT2D eigenvalue weighted by Crippen LogP contribution is 2.38. The minimum absolute atomic E-state index is 0.388. The topological polar surface area (TPSA) is 36.7 Å². The van der Waals surface area contributed by atoms with Gasteiger partial charge in [0.05, 0.1) is 5.56 Å². The summed E-state index contributed by atoms with van der Waals surface area (Å²) in [5, 5.41) is 8.47. The van der Waals surface area contributed by atoms with E-state index in [2.05, 4.69) is 4.98 Å². The van der Waals surface area contributed by atoms with Crippen LogP contribution in [0.4, 0.5) is 22.0 Å². The number of nitrogens with zero attached hydrogens (tertiary/aromatic N) is 2. The third-order valence-electron chi connectivity index (χ3n) is 1.98. The molecule has 0 aromatic carbocycles. The van der Waals surface area contributed by atoms with E-state index in [0.717, 1.165) is 6.92 Å². The summed E-state index contributed by atoms with van der Waals surface area (Å²) in [7, 11) is 0. The Kier molecular flexibility index (Phi) is 3.12. The molecule has 0 bridgehead atoms. The Morgan fingerprint density at radius 3 is 2.31 bits per heavy atom. The predicted molar refractivity (Wildman–Crippen MR) is 43.6 cm³/mol. The van der Waals surface area contributed by atoms with Crippen molar-refractivity contribution < 1.29 is 22.0 Å². The summed E-state index contributed by atoms with van der Waals surface area (Å²) in [5.41, 5.74) is -3.76. The molecule has 0 N–H and O–H groups in total. The maximum atomic E-state index is 12.5. The number of halogens is 5. The van der Waals surface area contributed by atoms with Gasteiger partial charge in [-0.25, -0.2) is 13.8 Å². The van der Waals surface area contributed by atoms with E-state index >= 15 is 0 Å². The van der Waals surface area contributed by atoms with Crippen molar-refractivity contribution >= 4 is 0 Å². The van der Waals surface area contributed by atoms with Crippen LogP contribution in [0.5, 0.6) is 0 Å². The van der Waals surface area contributed by atoms with Gasteiger partial charge in [-0.15, -0.1) is 0 Å². The molecule has 1 aromatic heterocycles. The average Bonchev–Trinajstić information content (AvgIpc) is 2.14. The zero-order valence-electron chi connectivity index (χ0n) is 7.94. The molecule has 16 heavy (non-hydrogen) atoms. The van der Waals surface area contributed by atoms with Crippen LogP contribution in [0.15, 0.2) is 6.20 Å². The molecule has 1 heterocycles. The van der Waals surface area contributed by atoms with E-state index < -0.39 is 35.0 Å². The lowest BCUT2D eigenvalue weighted by atomic mass is 10.0. The van der Waals surface area contributed by atoms with Crippen LogP contribution in [0.1, 0.15) is 28.8 Å². The van der Waals surface area contributed by atoms with Gasteiger partial charge in [0.25, 0.3) is 6.43 Å². The van der Waals surface area contributed by atoms with Crippen LogP contribution in [0, 0.1) is 18.3 Å². The summed E-state index contributed by atoms with van der Waals surface area (Å²) in [6.07, 6.45) is -7.82. The molecule has 0 saturated heterocycles. The molecule has 0 aliphatic rings. The smallest absolute Gasteiger partial charge is 0.245 e. The van der Waals surface area contributed by atoms with Gasteiger partial charge in [-0.05, 0) is 12.5 Å². The van der Waals surface area contributed by atoms with Gasteiger partial charge in [-0.3, -0.25) is 0 Å². The Balaban J connectivity index is 3.58. The highest BCUT2D eigenvalue weighted by molar-refractivity contribution is 5.43. The van der Waals surface area contributed by atoms with E-state index in [1.807, 2.05) is 0 Å². The zero-order valence-corrected chi connectivity index (χ0v) is 7.94. The molecule has 0 saturated carbocycles. The summed E-state index contributed by atoms with van der Waals surface area (Å²) >= 11 is 0.